The molecule has 1 fully saturated rings. The number of hydrogen-bond acceptors (Lipinski definition) is 6. The third-order valence-corrected chi connectivity index (χ3v) is 3.52. The van der Waals surface area contributed by atoms with E-state index in [1.807, 2.05) is 5.38 Å². The van der Waals surface area contributed by atoms with Crippen molar-refractivity contribution in [1.29, 1.82) is 0 Å². The number of hydrogen-bond donors (Lipinski definition) is 1. The minimum Gasteiger partial charge on any atom is -0.469 e. The lowest BCUT2D eigenvalue weighted by atomic mass is 10.1. The first kappa shape index (κ1) is 12.3. The Morgan fingerprint density at radius 2 is 2.65 bits per heavy atom. The van der Waals surface area contributed by atoms with E-state index >= 15 is 0 Å². The van der Waals surface area contributed by atoms with Crippen LogP contribution in [-0.4, -0.2) is 37.8 Å². The molecule has 1 N–H and O–H groups in total. The van der Waals surface area contributed by atoms with E-state index < -0.39 is 0 Å². The molecule has 1 unspecified atom stereocenters. The summed E-state index contributed by atoms with van der Waals surface area (Å²) in [6.07, 6.45) is 1.34. The second-order valence-electron chi connectivity index (χ2n) is 4.01. The van der Waals surface area contributed by atoms with Gasteiger partial charge in [-0.1, -0.05) is 0 Å². The van der Waals surface area contributed by atoms with Crippen LogP contribution in [-0.2, 0) is 20.7 Å². The molecule has 1 aromatic rings. The number of aromatic nitrogens is 1. The van der Waals surface area contributed by atoms with E-state index in [1.54, 1.807) is 0 Å². The van der Waals surface area contributed by atoms with Crippen LogP contribution in [0.15, 0.2) is 5.38 Å². The van der Waals surface area contributed by atoms with Crippen molar-refractivity contribution in [1.82, 2.24) is 4.98 Å². The fourth-order valence-corrected chi connectivity index (χ4v) is 2.39. The standard InChI is InChI=1S/C11H16N2O3S/c1-15-10(14)4-9-7-17-11(13-9)12-5-8-2-3-16-6-8/h7-8H,2-6H2,1H3,(H,12,13). The van der Waals surface area contributed by atoms with Gasteiger partial charge >= 0.3 is 5.97 Å². The van der Waals surface area contributed by atoms with Gasteiger partial charge in [0.1, 0.15) is 0 Å². The van der Waals surface area contributed by atoms with Crippen LogP contribution >= 0.6 is 11.3 Å². The van der Waals surface area contributed by atoms with E-state index in [2.05, 4.69) is 15.0 Å². The van der Waals surface area contributed by atoms with Gasteiger partial charge in [0.25, 0.3) is 0 Å². The predicted molar refractivity (Wildman–Crippen MR) is 65.2 cm³/mol. The molecule has 1 aliphatic rings. The monoisotopic (exact) mass is 256 g/mol. The van der Waals surface area contributed by atoms with Crippen LogP contribution in [0.5, 0.6) is 0 Å². The highest BCUT2D eigenvalue weighted by Gasteiger charge is 2.15. The molecule has 0 spiro atoms. The summed E-state index contributed by atoms with van der Waals surface area (Å²) in [6.45, 7) is 2.57. The summed E-state index contributed by atoms with van der Waals surface area (Å²) in [5.74, 6) is 0.314. The average molecular weight is 256 g/mol. The fourth-order valence-electron chi connectivity index (χ4n) is 1.67. The van der Waals surface area contributed by atoms with Crippen molar-refractivity contribution in [3.05, 3.63) is 11.1 Å². The van der Waals surface area contributed by atoms with Gasteiger partial charge in [-0.25, -0.2) is 4.98 Å². The highest BCUT2D eigenvalue weighted by Crippen LogP contribution is 2.18. The second-order valence-corrected chi connectivity index (χ2v) is 4.87. The molecule has 94 valence electrons. The Morgan fingerprint density at radius 1 is 1.76 bits per heavy atom. The second kappa shape index (κ2) is 5.97. The van der Waals surface area contributed by atoms with E-state index in [1.165, 1.54) is 18.4 Å². The van der Waals surface area contributed by atoms with E-state index in [0.717, 1.165) is 37.0 Å². The van der Waals surface area contributed by atoms with Crippen LogP contribution in [0, 0.1) is 5.92 Å². The molecule has 1 aliphatic heterocycles. The van der Waals surface area contributed by atoms with Gasteiger partial charge in [0, 0.05) is 24.4 Å². The SMILES string of the molecule is COC(=O)Cc1csc(NCC2CCOC2)n1. The molecule has 1 atom stereocenters. The van der Waals surface area contributed by atoms with Gasteiger partial charge in [0.2, 0.25) is 0 Å². The third kappa shape index (κ3) is 3.67. The van der Waals surface area contributed by atoms with Gasteiger partial charge in [0.15, 0.2) is 5.13 Å². The van der Waals surface area contributed by atoms with Gasteiger partial charge in [-0.05, 0) is 6.42 Å². The normalized spacial score (nSPS) is 19.2. The minimum atomic E-state index is -0.258. The number of esters is 1. The Labute approximate surface area is 104 Å². The van der Waals surface area contributed by atoms with Crippen LogP contribution in [0.2, 0.25) is 0 Å². The molecule has 2 rings (SSSR count). The topological polar surface area (TPSA) is 60.5 Å². The zero-order valence-corrected chi connectivity index (χ0v) is 10.6. The lowest BCUT2D eigenvalue weighted by Gasteiger charge is -2.07. The molecule has 5 nitrogen and oxygen atoms in total. The molecule has 1 saturated heterocycles. The summed E-state index contributed by atoms with van der Waals surface area (Å²) >= 11 is 1.51. The third-order valence-electron chi connectivity index (χ3n) is 2.67. The number of nitrogens with zero attached hydrogens (tertiary/aromatic N) is 1. The van der Waals surface area contributed by atoms with Crippen molar-refractivity contribution in [3.8, 4) is 0 Å². The number of ether oxygens (including phenoxy) is 2. The van der Waals surface area contributed by atoms with Crippen molar-refractivity contribution in [3.63, 3.8) is 0 Å². The van der Waals surface area contributed by atoms with E-state index in [-0.39, 0.29) is 12.4 Å². The largest absolute Gasteiger partial charge is 0.469 e. The number of carbonyl (C=O) groups excluding carboxylic acids is 1. The Morgan fingerprint density at radius 3 is 3.35 bits per heavy atom. The number of methoxy groups -OCH3 is 1. The van der Waals surface area contributed by atoms with Crippen LogP contribution in [0.25, 0.3) is 0 Å². The van der Waals surface area contributed by atoms with E-state index in [0.29, 0.717) is 5.92 Å². The Kier molecular flexibility index (Phi) is 4.33. The number of thiazole rings is 1. The maximum absolute atomic E-state index is 11.1. The quantitative estimate of drug-likeness (QED) is 0.805. The molecule has 0 amide bonds. The summed E-state index contributed by atoms with van der Waals surface area (Å²) < 4.78 is 9.89. The van der Waals surface area contributed by atoms with Crippen molar-refractivity contribution >= 4 is 22.4 Å². The first-order valence-electron chi connectivity index (χ1n) is 5.60. The van der Waals surface area contributed by atoms with Crippen molar-refractivity contribution < 1.29 is 14.3 Å². The summed E-state index contributed by atoms with van der Waals surface area (Å²) in [6, 6.07) is 0. The van der Waals surface area contributed by atoms with Crippen molar-refractivity contribution in [2.24, 2.45) is 5.92 Å². The first-order valence-corrected chi connectivity index (χ1v) is 6.48. The molecule has 0 bridgehead atoms. The van der Waals surface area contributed by atoms with Crippen LogP contribution in [0.4, 0.5) is 5.13 Å². The molecular weight excluding hydrogens is 240 g/mol. The lowest BCUT2D eigenvalue weighted by molar-refractivity contribution is -0.139. The maximum Gasteiger partial charge on any atom is 0.311 e. The zero-order chi connectivity index (χ0) is 12.1. The number of anilines is 1. The molecule has 17 heavy (non-hydrogen) atoms. The molecular formula is C11H16N2O3S. The summed E-state index contributed by atoms with van der Waals surface area (Å²) in [4.78, 5) is 15.4. The fraction of sp³-hybridized carbons (Fsp3) is 0.636. The highest BCUT2D eigenvalue weighted by molar-refractivity contribution is 7.13. The zero-order valence-electron chi connectivity index (χ0n) is 9.77. The van der Waals surface area contributed by atoms with Crippen molar-refractivity contribution in [2.45, 2.75) is 12.8 Å². The Balaban J connectivity index is 1.79. The summed E-state index contributed by atoms with van der Waals surface area (Å²) in [7, 11) is 1.38. The number of nitrogens with one attached hydrogen (secondary N) is 1. The molecule has 0 aromatic carbocycles. The number of carbonyl (C=O) groups is 1. The summed E-state index contributed by atoms with van der Waals surface area (Å²) in [5, 5.41) is 6.01. The smallest absolute Gasteiger partial charge is 0.311 e. The molecule has 6 heteroatoms. The van der Waals surface area contributed by atoms with Crippen molar-refractivity contribution in [2.75, 3.05) is 32.2 Å². The summed E-state index contributed by atoms with van der Waals surface area (Å²) in [5.41, 5.74) is 0.757. The maximum atomic E-state index is 11.1. The Bertz CT molecular complexity index is 375. The highest BCUT2D eigenvalue weighted by atomic mass is 32.1. The first-order chi connectivity index (χ1) is 8.28. The van der Waals surface area contributed by atoms with Gasteiger partial charge in [-0.2, -0.15) is 0 Å². The van der Waals surface area contributed by atoms with E-state index in [9.17, 15) is 4.79 Å². The van der Waals surface area contributed by atoms with Gasteiger partial charge in [-0.15, -0.1) is 11.3 Å². The lowest BCUT2D eigenvalue weighted by Crippen LogP contribution is -2.14. The van der Waals surface area contributed by atoms with Crippen LogP contribution < -0.4 is 5.32 Å². The molecule has 0 radical (unpaired) electrons. The molecule has 0 aliphatic carbocycles. The number of rotatable bonds is 5. The molecule has 0 saturated carbocycles. The van der Waals surface area contributed by atoms with Gasteiger partial charge in [0.05, 0.1) is 25.8 Å². The molecule has 2 heterocycles. The predicted octanol–water partition coefficient (Wildman–Crippen LogP) is 1.31. The van der Waals surface area contributed by atoms with Crippen LogP contribution in [0.3, 0.4) is 0 Å². The van der Waals surface area contributed by atoms with Gasteiger partial charge in [-0.3, -0.25) is 4.79 Å². The van der Waals surface area contributed by atoms with Gasteiger partial charge < -0.3 is 14.8 Å². The van der Waals surface area contributed by atoms with Crippen LogP contribution in [0.1, 0.15) is 12.1 Å². The molecule has 1 aromatic heterocycles. The average Bonchev–Trinajstić information content (AvgIpc) is 2.97. The Hall–Kier alpha value is -1.14. The van der Waals surface area contributed by atoms with E-state index in [4.69, 9.17) is 4.74 Å². The minimum absolute atomic E-state index is 0.237.